The number of nitro groups is 1. The van der Waals surface area contributed by atoms with Gasteiger partial charge in [-0.1, -0.05) is 31.5 Å². The van der Waals surface area contributed by atoms with Crippen LogP contribution in [0, 0.1) is 10.1 Å². The Morgan fingerprint density at radius 1 is 1.48 bits per heavy atom. The fourth-order valence-electron chi connectivity index (χ4n) is 3.24. The number of aliphatic carboxylic acids is 1. The van der Waals surface area contributed by atoms with Gasteiger partial charge in [0.15, 0.2) is 0 Å². The van der Waals surface area contributed by atoms with Crippen LogP contribution in [0.1, 0.15) is 38.2 Å². The van der Waals surface area contributed by atoms with Crippen LogP contribution < -0.4 is 0 Å². The third-order valence-electron chi connectivity index (χ3n) is 4.23. The summed E-state index contributed by atoms with van der Waals surface area (Å²) >= 11 is 0. The molecule has 1 unspecified atom stereocenters. The zero-order chi connectivity index (χ0) is 15.5. The van der Waals surface area contributed by atoms with Crippen LogP contribution in [0.3, 0.4) is 0 Å². The summed E-state index contributed by atoms with van der Waals surface area (Å²) in [5.41, 5.74) is -0.246. The lowest BCUT2D eigenvalue weighted by Crippen LogP contribution is -2.50. The zero-order valence-corrected chi connectivity index (χ0v) is 12.1. The fraction of sp³-hybridized carbons (Fsp3) is 0.533. The Kier molecular flexibility index (Phi) is 4.57. The average molecular weight is 292 g/mol. The number of carbonyl (C=O) groups is 1. The Morgan fingerprint density at radius 2 is 2.19 bits per heavy atom. The van der Waals surface area contributed by atoms with Crippen molar-refractivity contribution in [3.63, 3.8) is 0 Å². The fourth-order valence-corrected chi connectivity index (χ4v) is 3.24. The summed E-state index contributed by atoms with van der Waals surface area (Å²) < 4.78 is 0. The van der Waals surface area contributed by atoms with E-state index in [1.165, 1.54) is 6.07 Å². The van der Waals surface area contributed by atoms with Gasteiger partial charge < -0.3 is 5.11 Å². The third-order valence-corrected chi connectivity index (χ3v) is 4.23. The minimum Gasteiger partial charge on any atom is -0.480 e. The molecule has 2 rings (SSSR count). The summed E-state index contributed by atoms with van der Waals surface area (Å²) in [6.45, 7) is 2.94. The van der Waals surface area contributed by atoms with Gasteiger partial charge in [-0.15, -0.1) is 0 Å². The molecule has 1 heterocycles. The summed E-state index contributed by atoms with van der Waals surface area (Å²) in [4.78, 5) is 24.3. The van der Waals surface area contributed by atoms with E-state index in [1.807, 2.05) is 11.8 Å². The van der Waals surface area contributed by atoms with E-state index in [2.05, 4.69) is 0 Å². The predicted octanol–water partition coefficient (Wildman–Crippen LogP) is 2.81. The van der Waals surface area contributed by atoms with Crippen LogP contribution in [0.5, 0.6) is 0 Å². The number of nitrogens with zero attached hydrogens (tertiary/aromatic N) is 2. The van der Waals surface area contributed by atoms with E-state index in [-0.39, 0.29) is 5.69 Å². The number of nitro benzene ring substituents is 1. The summed E-state index contributed by atoms with van der Waals surface area (Å²) in [5.74, 6) is -0.819. The molecule has 0 spiro atoms. The highest BCUT2D eigenvalue weighted by molar-refractivity contribution is 5.79. The summed E-state index contributed by atoms with van der Waals surface area (Å²) in [6, 6.07) is 6.55. The molecular formula is C15H20N2O4. The van der Waals surface area contributed by atoms with Crippen LogP contribution >= 0.6 is 0 Å². The van der Waals surface area contributed by atoms with Gasteiger partial charge in [0, 0.05) is 18.2 Å². The van der Waals surface area contributed by atoms with Gasteiger partial charge >= 0.3 is 5.97 Å². The van der Waals surface area contributed by atoms with Crippen molar-refractivity contribution in [2.45, 2.75) is 44.7 Å². The van der Waals surface area contributed by atoms with Crippen LogP contribution in [-0.2, 0) is 11.3 Å². The van der Waals surface area contributed by atoms with Gasteiger partial charge in [-0.05, 0) is 25.8 Å². The van der Waals surface area contributed by atoms with Gasteiger partial charge in [-0.2, -0.15) is 0 Å². The van der Waals surface area contributed by atoms with Gasteiger partial charge in [0.1, 0.15) is 5.54 Å². The number of carboxylic acid groups (broad SMARTS) is 1. The van der Waals surface area contributed by atoms with Crippen molar-refractivity contribution in [2.75, 3.05) is 6.54 Å². The van der Waals surface area contributed by atoms with Crippen molar-refractivity contribution in [3.8, 4) is 0 Å². The van der Waals surface area contributed by atoms with Gasteiger partial charge in [0.25, 0.3) is 5.69 Å². The van der Waals surface area contributed by atoms with E-state index in [0.29, 0.717) is 31.5 Å². The number of hydrogen-bond acceptors (Lipinski definition) is 4. The number of likely N-dealkylation sites (tertiary alicyclic amines) is 1. The third kappa shape index (κ3) is 2.90. The maximum atomic E-state index is 11.8. The second-order valence-corrected chi connectivity index (χ2v) is 5.50. The molecule has 0 amide bonds. The van der Waals surface area contributed by atoms with Gasteiger partial charge in [0.2, 0.25) is 0 Å². The van der Waals surface area contributed by atoms with E-state index in [9.17, 15) is 20.0 Å². The highest BCUT2D eigenvalue weighted by Gasteiger charge is 2.46. The monoisotopic (exact) mass is 292 g/mol. The minimum atomic E-state index is -0.877. The molecule has 114 valence electrons. The molecule has 1 N–H and O–H groups in total. The Balaban J connectivity index is 2.30. The van der Waals surface area contributed by atoms with Crippen molar-refractivity contribution >= 4 is 11.7 Å². The number of benzene rings is 1. The first-order chi connectivity index (χ1) is 10.0. The largest absolute Gasteiger partial charge is 0.480 e. The SMILES string of the molecule is CCCC1(C(=O)O)CCCN1Cc1ccccc1[N+](=O)[O-]. The molecule has 0 aliphatic carbocycles. The normalized spacial score (nSPS) is 22.3. The molecule has 1 saturated heterocycles. The van der Waals surface area contributed by atoms with Crippen molar-refractivity contribution in [2.24, 2.45) is 0 Å². The molecule has 0 radical (unpaired) electrons. The molecule has 1 atom stereocenters. The van der Waals surface area contributed by atoms with E-state index in [0.717, 1.165) is 12.8 Å². The summed E-state index contributed by atoms with van der Waals surface area (Å²) in [6.07, 6.45) is 2.77. The first kappa shape index (κ1) is 15.4. The molecule has 0 aromatic heterocycles. The molecule has 1 aliphatic rings. The molecule has 6 nitrogen and oxygen atoms in total. The van der Waals surface area contributed by atoms with Crippen molar-refractivity contribution in [3.05, 3.63) is 39.9 Å². The molecular weight excluding hydrogens is 272 g/mol. The number of carboxylic acids is 1. The van der Waals surface area contributed by atoms with Gasteiger partial charge in [0.05, 0.1) is 4.92 Å². The van der Waals surface area contributed by atoms with E-state index in [1.54, 1.807) is 18.2 Å². The Bertz CT molecular complexity index is 546. The number of rotatable bonds is 6. The standard InChI is InChI=1S/C15H20N2O4/c1-2-8-15(14(18)19)9-5-10-16(15)11-12-6-3-4-7-13(12)17(20)21/h3-4,6-7H,2,5,8-11H2,1H3,(H,18,19). The predicted molar refractivity (Wildman–Crippen MR) is 78.0 cm³/mol. The van der Waals surface area contributed by atoms with E-state index in [4.69, 9.17) is 0 Å². The lowest BCUT2D eigenvalue weighted by molar-refractivity contribution is -0.385. The highest BCUT2D eigenvalue weighted by Crippen LogP contribution is 2.36. The minimum absolute atomic E-state index is 0.0557. The molecule has 0 bridgehead atoms. The molecule has 6 heteroatoms. The average Bonchev–Trinajstić information content (AvgIpc) is 2.84. The second-order valence-electron chi connectivity index (χ2n) is 5.50. The zero-order valence-electron chi connectivity index (χ0n) is 12.1. The summed E-state index contributed by atoms with van der Waals surface area (Å²) in [7, 11) is 0. The topological polar surface area (TPSA) is 83.7 Å². The molecule has 1 aromatic rings. The van der Waals surface area contributed by atoms with E-state index < -0.39 is 16.4 Å². The van der Waals surface area contributed by atoms with Crippen molar-refractivity contribution in [1.82, 2.24) is 4.90 Å². The molecule has 1 fully saturated rings. The second kappa shape index (κ2) is 6.22. The van der Waals surface area contributed by atoms with Crippen LogP contribution in [0.25, 0.3) is 0 Å². The highest BCUT2D eigenvalue weighted by atomic mass is 16.6. The van der Waals surface area contributed by atoms with Crippen molar-refractivity contribution in [1.29, 1.82) is 0 Å². The Hall–Kier alpha value is -1.95. The quantitative estimate of drug-likeness (QED) is 0.644. The van der Waals surface area contributed by atoms with Crippen molar-refractivity contribution < 1.29 is 14.8 Å². The summed E-state index contributed by atoms with van der Waals surface area (Å²) in [5, 5.41) is 20.7. The van der Waals surface area contributed by atoms with E-state index >= 15 is 0 Å². The molecule has 21 heavy (non-hydrogen) atoms. The lowest BCUT2D eigenvalue weighted by atomic mass is 9.90. The van der Waals surface area contributed by atoms with Gasteiger partial charge in [-0.3, -0.25) is 19.8 Å². The number of para-hydroxylation sites is 1. The maximum absolute atomic E-state index is 11.8. The maximum Gasteiger partial charge on any atom is 0.324 e. The van der Waals surface area contributed by atoms with Crippen LogP contribution in [0.2, 0.25) is 0 Å². The first-order valence-corrected chi connectivity index (χ1v) is 7.22. The lowest BCUT2D eigenvalue weighted by Gasteiger charge is -2.34. The smallest absolute Gasteiger partial charge is 0.324 e. The Morgan fingerprint density at radius 3 is 2.81 bits per heavy atom. The van der Waals surface area contributed by atoms with Crippen LogP contribution in [0.4, 0.5) is 5.69 Å². The Labute approximate surface area is 123 Å². The molecule has 1 aliphatic heterocycles. The first-order valence-electron chi connectivity index (χ1n) is 7.22. The van der Waals surface area contributed by atoms with Crippen LogP contribution in [-0.4, -0.2) is 33.0 Å². The molecule has 1 aromatic carbocycles. The van der Waals surface area contributed by atoms with Gasteiger partial charge in [-0.25, -0.2) is 0 Å². The molecule has 0 saturated carbocycles. The van der Waals surface area contributed by atoms with Crippen LogP contribution in [0.15, 0.2) is 24.3 Å². The number of hydrogen-bond donors (Lipinski definition) is 1.